The monoisotopic (exact) mass is 219 g/mol. The van der Waals surface area contributed by atoms with Crippen LogP contribution in [-0.2, 0) is 10.0 Å². The van der Waals surface area contributed by atoms with Crippen LogP contribution < -0.4 is 9.88 Å². The molecule has 0 saturated heterocycles. The molecule has 1 aromatic carbocycles. The molecule has 0 fully saturated rings. The molecular weight excluding hydrogens is 210 g/mol. The smallest absolute Gasteiger partial charge is 0.241 e. The third-order valence-corrected chi connectivity index (χ3v) is 2.66. The van der Waals surface area contributed by atoms with Crippen LogP contribution in [0.25, 0.3) is 0 Å². The Morgan fingerprint density at radius 1 is 1.46 bits per heavy atom. The summed E-state index contributed by atoms with van der Waals surface area (Å²) in [6, 6.07) is 4.47. The summed E-state index contributed by atoms with van der Waals surface area (Å²) >= 11 is 4.00. The molecule has 13 heavy (non-hydrogen) atoms. The highest BCUT2D eigenvalue weighted by Gasteiger charge is 2.14. The fourth-order valence-corrected chi connectivity index (χ4v) is 1.90. The van der Waals surface area contributed by atoms with Crippen LogP contribution in [0.4, 0.5) is 0 Å². The summed E-state index contributed by atoms with van der Waals surface area (Å²) < 4.78 is 26.9. The van der Waals surface area contributed by atoms with Gasteiger partial charge in [-0.1, -0.05) is 0 Å². The largest absolute Gasteiger partial charge is 0.495 e. The zero-order valence-corrected chi connectivity index (χ0v) is 8.60. The third-order valence-electron chi connectivity index (χ3n) is 1.45. The van der Waals surface area contributed by atoms with E-state index in [1.165, 1.54) is 19.2 Å². The molecule has 0 radical (unpaired) electrons. The van der Waals surface area contributed by atoms with Crippen molar-refractivity contribution in [1.82, 2.24) is 0 Å². The number of thiol groups is 1. The molecule has 4 nitrogen and oxygen atoms in total. The predicted octanol–water partition coefficient (Wildman–Crippen LogP) is 0.631. The van der Waals surface area contributed by atoms with Crippen molar-refractivity contribution in [1.29, 1.82) is 0 Å². The summed E-state index contributed by atoms with van der Waals surface area (Å²) in [5.74, 6) is 0.223. The van der Waals surface area contributed by atoms with Crippen LogP contribution in [0, 0.1) is 0 Å². The summed E-state index contributed by atoms with van der Waals surface area (Å²) in [5.41, 5.74) is 0. The molecule has 1 aromatic rings. The summed E-state index contributed by atoms with van der Waals surface area (Å²) in [7, 11) is -2.36. The maximum absolute atomic E-state index is 11.0. The van der Waals surface area contributed by atoms with E-state index in [-0.39, 0.29) is 10.6 Å². The Labute approximate surface area is 82.2 Å². The van der Waals surface area contributed by atoms with Gasteiger partial charge in [-0.25, -0.2) is 13.6 Å². The van der Waals surface area contributed by atoms with Gasteiger partial charge in [0.15, 0.2) is 0 Å². The van der Waals surface area contributed by atoms with Gasteiger partial charge < -0.3 is 4.74 Å². The highest BCUT2D eigenvalue weighted by atomic mass is 32.2. The Morgan fingerprint density at radius 3 is 2.54 bits per heavy atom. The first-order valence-electron chi connectivity index (χ1n) is 3.35. The van der Waals surface area contributed by atoms with E-state index in [4.69, 9.17) is 9.88 Å². The number of sulfonamides is 1. The highest BCUT2D eigenvalue weighted by Crippen LogP contribution is 2.24. The Kier molecular flexibility index (Phi) is 2.84. The number of ether oxygens (including phenoxy) is 1. The maximum atomic E-state index is 11.0. The number of benzene rings is 1. The molecular formula is C7H9NO3S2. The van der Waals surface area contributed by atoms with Gasteiger partial charge in [0, 0.05) is 4.90 Å². The van der Waals surface area contributed by atoms with E-state index in [1.54, 1.807) is 6.07 Å². The van der Waals surface area contributed by atoms with Crippen molar-refractivity contribution in [3.8, 4) is 5.75 Å². The van der Waals surface area contributed by atoms with Gasteiger partial charge in [0.2, 0.25) is 10.0 Å². The van der Waals surface area contributed by atoms with E-state index in [1.807, 2.05) is 0 Å². The number of primary sulfonamides is 1. The average molecular weight is 219 g/mol. The third kappa shape index (κ3) is 2.36. The number of nitrogens with two attached hydrogens (primary N) is 1. The standard InChI is InChI=1S/C7H9NO3S2/c1-11-6-3-2-5(12)4-7(6)13(8,9)10/h2-4,12H,1H3,(H2,8,9,10). The molecule has 6 heteroatoms. The van der Waals surface area contributed by atoms with E-state index in [2.05, 4.69) is 12.6 Å². The summed E-state index contributed by atoms with van der Waals surface area (Å²) in [5, 5.41) is 4.96. The summed E-state index contributed by atoms with van der Waals surface area (Å²) in [6.45, 7) is 0. The van der Waals surface area contributed by atoms with Crippen LogP contribution >= 0.6 is 12.6 Å². The van der Waals surface area contributed by atoms with Gasteiger partial charge in [0.05, 0.1) is 7.11 Å². The fourth-order valence-electron chi connectivity index (χ4n) is 0.888. The first kappa shape index (κ1) is 10.4. The van der Waals surface area contributed by atoms with E-state index in [0.29, 0.717) is 4.90 Å². The summed E-state index contributed by atoms with van der Waals surface area (Å²) in [6.07, 6.45) is 0. The van der Waals surface area contributed by atoms with E-state index in [0.717, 1.165) is 0 Å². The second-order valence-electron chi connectivity index (χ2n) is 2.38. The lowest BCUT2D eigenvalue weighted by atomic mass is 10.3. The van der Waals surface area contributed by atoms with E-state index < -0.39 is 10.0 Å². The van der Waals surface area contributed by atoms with Gasteiger partial charge in [-0.2, -0.15) is 0 Å². The minimum absolute atomic E-state index is 0.0532. The van der Waals surface area contributed by atoms with Crippen LogP contribution in [0.3, 0.4) is 0 Å². The normalized spacial score (nSPS) is 11.3. The topological polar surface area (TPSA) is 69.4 Å². The lowest BCUT2D eigenvalue weighted by Gasteiger charge is -2.06. The van der Waals surface area contributed by atoms with Crippen molar-refractivity contribution in [2.45, 2.75) is 9.79 Å². The molecule has 0 unspecified atom stereocenters. The molecule has 0 amide bonds. The van der Waals surface area contributed by atoms with Crippen LogP contribution in [0.15, 0.2) is 28.0 Å². The number of rotatable bonds is 2. The first-order chi connectivity index (χ1) is 5.95. The molecule has 0 heterocycles. The molecule has 0 saturated carbocycles. The minimum atomic E-state index is -3.74. The molecule has 2 N–H and O–H groups in total. The van der Waals surface area contributed by atoms with Crippen LogP contribution in [0.1, 0.15) is 0 Å². The Balaban J connectivity index is 3.41. The second-order valence-corrected chi connectivity index (χ2v) is 4.43. The van der Waals surface area contributed by atoms with Crippen molar-refractivity contribution < 1.29 is 13.2 Å². The van der Waals surface area contributed by atoms with Gasteiger partial charge in [-0.05, 0) is 18.2 Å². The lowest BCUT2D eigenvalue weighted by molar-refractivity contribution is 0.402. The van der Waals surface area contributed by atoms with Crippen LogP contribution in [0.2, 0.25) is 0 Å². The molecule has 0 aliphatic rings. The Bertz CT molecular complexity index is 414. The van der Waals surface area contributed by atoms with Crippen LogP contribution in [0.5, 0.6) is 5.75 Å². The van der Waals surface area contributed by atoms with Gasteiger partial charge >= 0.3 is 0 Å². The van der Waals surface area contributed by atoms with Crippen molar-refractivity contribution in [3.63, 3.8) is 0 Å². The van der Waals surface area contributed by atoms with Crippen molar-refractivity contribution in [2.24, 2.45) is 5.14 Å². The number of hydrogen-bond donors (Lipinski definition) is 2. The molecule has 0 aliphatic carbocycles. The predicted molar refractivity (Wildman–Crippen MR) is 51.6 cm³/mol. The maximum Gasteiger partial charge on any atom is 0.241 e. The zero-order chi connectivity index (χ0) is 10.1. The fraction of sp³-hybridized carbons (Fsp3) is 0.143. The molecule has 1 rings (SSSR count). The van der Waals surface area contributed by atoms with Crippen molar-refractivity contribution >= 4 is 22.7 Å². The van der Waals surface area contributed by atoms with E-state index >= 15 is 0 Å². The minimum Gasteiger partial charge on any atom is -0.495 e. The lowest BCUT2D eigenvalue weighted by Crippen LogP contribution is -2.13. The average Bonchev–Trinajstić information content (AvgIpc) is 2.03. The van der Waals surface area contributed by atoms with Crippen LogP contribution in [-0.4, -0.2) is 15.5 Å². The quantitative estimate of drug-likeness (QED) is 0.717. The Morgan fingerprint density at radius 2 is 2.08 bits per heavy atom. The molecule has 0 spiro atoms. The van der Waals surface area contributed by atoms with Gasteiger partial charge in [0.1, 0.15) is 10.6 Å². The van der Waals surface area contributed by atoms with Gasteiger partial charge in [-0.15, -0.1) is 12.6 Å². The number of methoxy groups -OCH3 is 1. The van der Waals surface area contributed by atoms with Gasteiger partial charge in [-0.3, -0.25) is 0 Å². The molecule has 0 atom stereocenters. The van der Waals surface area contributed by atoms with Crippen molar-refractivity contribution in [2.75, 3.05) is 7.11 Å². The SMILES string of the molecule is COc1ccc(S)cc1S(N)(=O)=O. The Hall–Kier alpha value is -0.720. The van der Waals surface area contributed by atoms with Gasteiger partial charge in [0.25, 0.3) is 0 Å². The number of hydrogen-bond acceptors (Lipinski definition) is 4. The van der Waals surface area contributed by atoms with E-state index in [9.17, 15) is 8.42 Å². The first-order valence-corrected chi connectivity index (χ1v) is 5.34. The second kappa shape index (κ2) is 3.57. The molecule has 0 aromatic heterocycles. The molecule has 0 aliphatic heterocycles. The highest BCUT2D eigenvalue weighted by molar-refractivity contribution is 7.89. The molecule has 0 bridgehead atoms. The summed E-state index contributed by atoms with van der Waals surface area (Å²) in [4.78, 5) is 0.465. The molecule has 72 valence electrons. The van der Waals surface area contributed by atoms with Crippen molar-refractivity contribution in [3.05, 3.63) is 18.2 Å². The zero-order valence-electron chi connectivity index (χ0n) is 6.89.